The monoisotopic (exact) mass is 518 g/mol. The minimum absolute atomic E-state index is 0.122. The second-order valence-electron chi connectivity index (χ2n) is 7.81. The van der Waals surface area contributed by atoms with Gasteiger partial charge in [0.1, 0.15) is 17.3 Å². The number of hydrogen-bond acceptors (Lipinski definition) is 6. The van der Waals surface area contributed by atoms with Crippen molar-refractivity contribution < 1.29 is 17.9 Å². The summed E-state index contributed by atoms with van der Waals surface area (Å²) in [5, 5.41) is 6.31. The summed E-state index contributed by atoms with van der Waals surface area (Å²) in [6.07, 6.45) is 2.22. The molecule has 8 nitrogen and oxygen atoms in total. The third-order valence-electron chi connectivity index (χ3n) is 5.39. The van der Waals surface area contributed by atoms with Gasteiger partial charge in [-0.3, -0.25) is 0 Å². The van der Waals surface area contributed by atoms with Crippen LogP contribution in [0.5, 0.6) is 11.5 Å². The highest BCUT2D eigenvalue weighted by Gasteiger charge is 2.21. The van der Waals surface area contributed by atoms with E-state index in [-0.39, 0.29) is 11.4 Å². The number of likely N-dealkylation sites (N-methyl/N-ethyl adjacent to an activating group) is 1. The van der Waals surface area contributed by atoms with Gasteiger partial charge in [0.05, 0.1) is 24.2 Å². The number of rotatable bonds is 12. The second-order valence-corrected chi connectivity index (χ2v) is 9.58. The summed E-state index contributed by atoms with van der Waals surface area (Å²) < 4.78 is 39.8. The van der Waals surface area contributed by atoms with Crippen LogP contribution in [0.4, 0.5) is 5.69 Å². The molecule has 2 rings (SSSR count). The maximum atomic E-state index is 12.9. The maximum absolute atomic E-state index is 12.9. The minimum Gasteiger partial charge on any atom is -0.496 e. The summed E-state index contributed by atoms with van der Waals surface area (Å²) in [6, 6.07) is 6.75. The van der Waals surface area contributed by atoms with Crippen LogP contribution in [0.25, 0.3) is 0 Å². The first-order valence-electron chi connectivity index (χ1n) is 12.2. The lowest BCUT2D eigenvalue weighted by Gasteiger charge is -2.20. The van der Waals surface area contributed by atoms with Gasteiger partial charge in [-0.1, -0.05) is 27.4 Å². The normalized spacial score (nSPS) is 11.4. The molecule has 0 amide bonds. The smallest absolute Gasteiger partial charge is 0.240 e. The van der Waals surface area contributed by atoms with E-state index in [2.05, 4.69) is 26.9 Å². The molecule has 200 valence electrons. The van der Waals surface area contributed by atoms with E-state index < -0.39 is 10.0 Å². The number of nitrogens with one attached hydrogen (secondary N) is 3. The zero-order chi connectivity index (χ0) is 27.3. The fraction of sp³-hybridized carbons (Fsp3) is 0.444. The van der Waals surface area contributed by atoms with Gasteiger partial charge in [0.2, 0.25) is 10.0 Å². The SMILES string of the molecule is C=CN=C(Nc1c(C)c(C)cc(OC)c1C)c1cc(S(=O)(=O)NCCNC)ccc1OCCC.CC. The number of sulfonamides is 1. The molecule has 0 aromatic heterocycles. The Morgan fingerprint density at radius 2 is 1.78 bits per heavy atom. The molecule has 36 heavy (non-hydrogen) atoms. The molecule has 2 aromatic rings. The number of aryl methyl sites for hydroxylation is 1. The molecular weight excluding hydrogens is 476 g/mol. The lowest BCUT2D eigenvalue weighted by Crippen LogP contribution is -2.30. The topological polar surface area (TPSA) is 101 Å². The lowest BCUT2D eigenvalue weighted by molar-refractivity contribution is 0.316. The van der Waals surface area contributed by atoms with E-state index in [9.17, 15) is 8.42 Å². The Labute approximate surface area is 217 Å². The van der Waals surface area contributed by atoms with Crippen molar-refractivity contribution in [1.82, 2.24) is 10.0 Å². The highest BCUT2D eigenvalue weighted by Crippen LogP contribution is 2.33. The number of methoxy groups -OCH3 is 1. The van der Waals surface area contributed by atoms with Crippen LogP contribution in [-0.2, 0) is 10.0 Å². The molecule has 0 spiro atoms. The summed E-state index contributed by atoms with van der Waals surface area (Å²) in [5.41, 5.74) is 4.35. The summed E-state index contributed by atoms with van der Waals surface area (Å²) in [6.45, 7) is 17.0. The average molecular weight is 519 g/mol. The van der Waals surface area contributed by atoms with Crippen molar-refractivity contribution in [3.8, 4) is 11.5 Å². The van der Waals surface area contributed by atoms with Crippen molar-refractivity contribution in [2.75, 3.05) is 39.2 Å². The fourth-order valence-corrected chi connectivity index (χ4v) is 4.44. The minimum atomic E-state index is -3.72. The predicted octanol–water partition coefficient (Wildman–Crippen LogP) is 4.94. The molecule has 0 aliphatic rings. The Morgan fingerprint density at radius 3 is 2.36 bits per heavy atom. The molecule has 0 saturated carbocycles. The van der Waals surface area contributed by atoms with Crippen LogP contribution >= 0.6 is 0 Å². The van der Waals surface area contributed by atoms with E-state index in [1.165, 1.54) is 12.3 Å². The standard InChI is InChI=1S/C25H36N4O4S.C2H6/c1-8-14-33-22-11-10-20(34(30,31)28-13-12-26-6)16-21(22)25(27-9-2)29-24-18(4)17(3)15-23(32-7)19(24)5;1-2/h9-11,15-16,26,28H,2,8,12-14H2,1,3-7H3,(H,27,29);1-2H3. The first-order valence-corrected chi connectivity index (χ1v) is 13.7. The van der Waals surface area contributed by atoms with Crippen molar-refractivity contribution in [3.05, 3.63) is 59.3 Å². The van der Waals surface area contributed by atoms with Crippen molar-refractivity contribution >= 4 is 21.5 Å². The van der Waals surface area contributed by atoms with Gasteiger partial charge in [0.25, 0.3) is 0 Å². The molecule has 2 aromatic carbocycles. The third-order valence-corrected chi connectivity index (χ3v) is 6.85. The van der Waals surface area contributed by atoms with Crippen LogP contribution in [0.1, 0.15) is 49.4 Å². The molecule has 0 aliphatic carbocycles. The summed E-state index contributed by atoms with van der Waals surface area (Å²) in [4.78, 5) is 4.57. The van der Waals surface area contributed by atoms with Crippen molar-refractivity contribution in [2.45, 2.75) is 52.9 Å². The molecular formula is C27H42N4O4S. The maximum Gasteiger partial charge on any atom is 0.240 e. The molecule has 3 N–H and O–H groups in total. The Morgan fingerprint density at radius 1 is 1.08 bits per heavy atom. The molecule has 0 atom stereocenters. The first kappa shape index (κ1) is 31.2. The quantitative estimate of drug-likeness (QED) is 0.209. The predicted molar refractivity (Wildman–Crippen MR) is 150 cm³/mol. The Hall–Kier alpha value is -2.88. The van der Waals surface area contributed by atoms with Crippen LogP contribution in [0.15, 0.2) is 46.9 Å². The van der Waals surface area contributed by atoms with E-state index in [0.717, 1.165) is 34.5 Å². The third kappa shape index (κ3) is 8.08. The van der Waals surface area contributed by atoms with Gasteiger partial charge < -0.3 is 20.1 Å². The Bertz CT molecular complexity index is 1140. The van der Waals surface area contributed by atoms with Crippen LogP contribution in [0.2, 0.25) is 0 Å². The number of amidine groups is 1. The van der Waals surface area contributed by atoms with E-state index in [1.54, 1.807) is 26.3 Å². The highest BCUT2D eigenvalue weighted by atomic mass is 32.2. The number of aliphatic imine (C=N–C) groups is 1. The zero-order valence-corrected chi connectivity index (χ0v) is 23.7. The number of hydrogen-bond donors (Lipinski definition) is 3. The second kappa shape index (κ2) is 15.3. The van der Waals surface area contributed by atoms with Gasteiger partial charge in [0.15, 0.2) is 0 Å². The van der Waals surface area contributed by atoms with Gasteiger partial charge in [-0.05, 0) is 69.6 Å². The molecule has 9 heteroatoms. The van der Waals surface area contributed by atoms with E-state index >= 15 is 0 Å². The largest absolute Gasteiger partial charge is 0.496 e. The van der Waals surface area contributed by atoms with Crippen molar-refractivity contribution in [3.63, 3.8) is 0 Å². The van der Waals surface area contributed by atoms with Crippen LogP contribution in [0.3, 0.4) is 0 Å². The molecule has 0 saturated heterocycles. The van der Waals surface area contributed by atoms with Crippen LogP contribution in [-0.4, -0.2) is 48.1 Å². The Balaban J connectivity index is 0.00000316. The fourth-order valence-electron chi connectivity index (χ4n) is 3.39. The number of ether oxygens (including phenoxy) is 2. The van der Waals surface area contributed by atoms with E-state index in [4.69, 9.17) is 9.47 Å². The van der Waals surface area contributed by atoms with Crippen molar-refractivity contribution in [2.24, 2.45) is 4.99 Å². The van der Waals surface area contributed by atoms with Gasteiger partial charge in [-0.25, -0.2) is 18.1 Å². The van der Waals surface area contributed by atoms with Gasteiger partial charge in [-0.2, -0.15) is 0 Å². The molecule has 0 bridgehead atoms. The zero-order valence-electron chi connectivity index (χ0n) is 22.9. The summed E-state index contributed by atoms with van der Waals surface area (Å²) in [5.74, 6) is 1.70. The Kier molecular flexibility index (Phi) is 13.2. The molecule has 0 fully saturated rings. The average Bonchev–Trinajstić information content (AvgIpc) is 2.88. The van der Waals surface area contributed by atoms with Crippen LogP contribution in [0, 0.1) is 20.8 Å². The highest BCUT2D eigenvalue weighted by molar-refractivity contribution is 7.89. The number of nitrogens with zero attached hydrogens (tertiary/aromatic N) is 1. The van der Waals surface area contributed by atoms with E-state index in [1.807, 2.05) is 47.6 Å². The van der Waals surface area contributed by atoms with Gasteiger partial charge in [0, 0.05) is 30.5 Å². The van der Waals surface area contributed by atoms with Gasteiger partial charge >= 0.3 is 0 Å². The molecule has 0 unspecified atom stereocenters. The van der Waals surface area contributed by atoms with Crippen molar-refractivity contribution in [1.29, 1.82) is 0 Å². The molecule has 0 heterocycles. The number of anilines is 1. The lowest BCUT2D eigenvalue weighted by atomic mass is 10.0. The number of benzene rings is 2. The summed E-state index contributed by atoms with van der Waals surface area (Å²) in [7, 11) is -0.327. The first-order chi connectivity index (χ1) is 17.2. The molecule has 0 radical (unpaired) electrons. The van der Waals surface area contributed by atoms with E-state index in [0.29, 0.717) is 30.3 Å². The van der Waals surface area contributed by atoms with Gasteiger partial charge in [-0.15, -0.1) is 0 Å². The van der Waals surface area contributed by atoms with Crippen LogP contribution < -0.4 is 24.8 Å². The summed E-state index contributed by atoms with van der Waals surface area (Å²) >= 11 is 0. The molecule has 0 aliphatic heterocycles.